The van der Waals surface area contributed by atoms with Crippen molar-refractivity contribution in [3.8, 4) is 0 Å². The van der Waals surface area contributed by atoms with Gasteiger partial charge in [0.1, 0.15) is 17.4 Å². The third-order valence-electron chi connectivity index (χ3n) is 5.94. The highest BCUT2D eigenvalue weighted by Gasteiger charge is 2.43. The summed E-state index contributed by atoms with van der Waals surface area (Å²) in [5, 5.41) is 2.35. The first-order valence-corrected chi connectivity index (χ1v) is 12.5. The lowest BCUT2D eigenvalue weighted by Gasteiger charge is -2.08. The van der Waals surface area contributed by atoms with Gasteiger partial charge in [0.05, 0.1) is 16.1 Å². The fraction of sp³-hybridized carbons (Fsp3) is 0.160. The summed E-state index contributed by atoms with van der Waals surface area (Å²) < 4.78 is 40.4. The number of nitrogens with one attached hydrogen (secondary N) is 1. The quantitative estimate of drug-likeness (QED) is 0.383. The Labute approximate surface area is 200 Å². The molecule has 1 fully saturated rings. The van der Waals surface area contributed by atoms with Gasteiger partial charge in [-0.1, -0.05) is 35.9 Å². The molecule has 0 spiro atoms. The van der Waals surface area contributed by atoms with Crippen molar-refractivity contribution in [3.05, 3.63) is 95.2 Å². The maximum Gasteiger partial charge on any atom is 0.263 e. The van der Waals surface area contributed by atoms with E-state index in [-0.39, 0.29) is 28.3 Å². The third-order valence-corrected chi connectivity index (χ3v) is 7.62. The summed E-state index contributed by atoms with van der Waals surface area (Å²) in [7, 11) is -3.86. The lowest BCUT2D eigenvalue weighted by atomic mass is 10.0. The molecule has 5 rings (SSSR count). The van der Waals surface area contributed by atoms with Gasteiger partial charge in [-0.15, -0.1) is 0 Å². The number of fused-ring (bicyclic) bond motifs is 1. The molecule has 1 saturated carbocycles. The van der Waals surface area contributed by atoms with Gasteiger partial charge in [-0.3, -0.25) is 14.5 Å². The van der Waals surface area contributed by atoms with Gasteiger partial charge in [-0.2, -0.15) is 0 Å². The van der Waals surface area contributed by atoms with E-state index in [9.17, 15) is 17.6 Å². The molecule has 2 aromatic heterocycles. The Morgan fingerprint density at radius 3 is 2.59 bits per heavy atom. The normalized spacial score (nSPS) is 17.5. The van der Waals surface area contributed by atoms with Crippen molar-refractivity contribution < 1.29 is 17.6 Å². The Morgan fingerprint density at radius 1 is 1.06 bits per heavy atom. The molecule has 4 aromatic rings. The largest absolute Gasteiger partial charge is 0.299 e. The predicted molar refractivity (Wildman–Crippen MR) is 128 cm³/mol. The number of hydrogen-bond donors (Lipinski definition) is 1. The SMILES string of the molecule is O=C(Cc1ccc2cncc(Cl)c2c1)C1CC1c1ccc(S(=O)(=O)Nc2ccc(F)cn2)cc1. The summed E-state index contributed by atoms with van der Waals surface area (Å²) >= 11 is 6.23. The molecular formula is C25H19ClFN3O3S. The number of sulfonamides is 1. The van der Waals surface area contributed by atoms with Crippen LogP contribution in [0.1, 0.15) is 23.5 Å². The smallest absolute Gasteiger partial charge is 0.263 e. The van der Waals surface area contributed by atoms with Crippen molar-refractivity contribution in [2.24, 2.45) is 5.92 Å². The van der Waals surface area contributed by atoms with Crippen molar-refractivity contribution in [1.82, 2.24) is 9.97 Å². The number of rotatable bonds is 7. The lowest BCUT2D eigenvalue weighted by molar-refractivity contribution is -0.119. The average Bonchev–Trinajstić information content (AvgIpc) is 3.62. The number of benzene rings is 2. The molecule has 0 amide bonds. The summed E-state index contributed by atoms with van der Waals surface area (Å²) in [6.07, 6.45) is 5.31. The molecule has 1 aliphatic rings. The van der Waals surface area contributed by atoms with Gasteiger partial charge < -0.3 is 0 Å². The van der Waals surface area contributed by atoms with Gasteiger partial charge in [-0.05, 0) is 53.8 Å². The number of anilines is 1. The number of aromatic nitrogens is 2. The summed E-state index contributed by atoms with van der Waals surface area (Å²) in [6, 6.07) is 14.6. The fourth-order valence-electron chi connectivity index (χ4n) is 4.06. The van der Waals surface area contributed by atoms with E-state index in [0.717, 1.165) is 40.6 Å². The predicted octanol–water partition coefficient (Wildman–Crippen LogP) is 5.14. The Kier molecular flexibility index (Phi) is 5.79. The molecule has 0 saturated heterocycles. The number of halogens is 2. The number of carbonyl (C=O) groups excluding carboxylic acids is 1. The zero-order valence-electron chi connectivity index (χ0n) is 17.8. The Balaban J connectivity index is 1.24. The topological polar surface area (TPSA) is 89.0 Å². The van der Waals surface area contributed by atoms with Gasteiger partial charge in [0.2, 0.25) is 0 Å². The molecule has 6 nitrogen and oxygen atoms in total. The molecule has 0 aliphatic heterocycles. The molecular weight excluding hydrogens is 477 g/mol. The average molecular weight is 496 g/mol. The molecule has 172 valence electrons. The highest BCUT2D eigenvalue weighted by atomic mass is 35.5. The standard InChI is InChI=1S/C25H19ClFN3O3S/c26-23-14-28-12-17-2-1-15(9-21(17)23)10-24(31)22-11-20(22)16-3-6-19(7-4-16)34(32,33)30-25-8-5-18(27)13-29-25/h1-9,12-14,20,22H,10-11H2,(H,29,30). The maximum absolute atomic E-state index is 13.0. The first kappa shape index (κ1) is 22.4. The zero-order valence-corrected chi connectivity index (χ0v) is 19.4. The molecule has 2 unspecified atom stereocenters. The summed E-state index contributed by atoms with van der Waals surface area (Å²) in [5.41, 5.74) is 1.82. The number of pyridine rings is 2. The van der Waals surface area contributed by atoms with Crippen LogP contribution in [-0.4, -0.2) is 24.2 Å². The first-order valence-electron chi connectivity index (χ1n) is 10.6. The minimum absolute atomic E-state index is 0.0320. The van der Waals surface area contributed by atoms with Crippen molar-refractivity contribution in [2.45, 2.75) is 23.7 Å². The number of Topliss-reactive ketones (excluding diaryl/α,β-unsaturated/α-hetero) is 1. The van der Waals surface area contributed by atoms with Crippen LogP contribution in [0.2, 0.25) is 5.02 Å². The van der Waals surface area contributed by atoms with Crippen LogP contribution in [0.25, 0.3) is 10.8 Å². The van der Waals surface area contributed by atoms with Gasteiger partial charge in [0, 0.05) is 35.5 Å². The van der Waals surface area contributed by atoms with Crippen LogP contribution >= 0.6 is 11.6 Å². The molecule has 2 atom stereocenters. The monoisotopic (exact) mass is 495 g/mol. The van der Waals surface area contributed by atoms with E-state index in [0.29, 0.717) is 11.4 Å². The highest BCUT2D eigenvalue weighted by molar-refractivity contribution is 7.92. The first-order chi connectivity index (χ1) is 16.3. The van der Waals surface area contributed by atoms with Crippen LogP contribution in [0.15, 0.2) is 78.1 Å². The van der Waals surface area contributed by atoms with Crippen LogP contribution in [0.3, 0.4) is 0 Å². The molecule has 34 heavy (non-hydrogen) atoms. The van der Waals surface area contributed by atoms with Gasteiger partial charge in [-0.25, -0.2) is 17.8 Å². The lowest BCUT2D eigenvalue weighted by Crippen LogP contribution is -2.14. The van der Waals surface area contributed by atoms with Gasteiger partial charge in [0.25, 0.3) is 10.0 Å². The fourth-order valence-corrected chi connectivity index (χ4v) is 5.29. The maximum atomic E-state index is 13.0. The molecule has 9 heteroatoms. The van der Waals surface area contributed by atoms with E-state index >= 15 is 0 Å². The van der Waals surface area contributed by atoms with Crippen LogP contribution in [0.4, 0.5) is 10.2 Å². The summed E-state index contributed by atoms with van der Waals surface area (Å²) in [5.74, 6) is -0.390. The van der Waals surface area contributed by atoms with E-state index in [2.05, 4.69) is 14.7 Å². The van der Waals surface area contributed by atoms with Crippen molar-refractivity contribution >= 4 is 44.0 Å². The Morgan fingerprint density at radius 2 is 1.85 bits per heavy atom. The van der Waals surface area contributed by atoms with Crippen LogP contribution in [-0.2, 0) is 21.2 Å². The number of carbonyl (C=O) groups is 1. The van der Waals surface area contributed by atoms with Crippen LogP contribution < -0.4 is 4.72 Å². The molecule has 1 N–H and O–H groups in total. The van der Waals surface area contributed by atoms with Crippen molar-refractivity contribution in [1.29, 1.82) is 0 Å². The molecule has 2 aromatic carbocycles. The molecule has 0 bridgehead atoms. The second kappa shape index (κ2) is 8.77. The second-order valence-electron chi connectivity index (χ2n) is 8.30. The molecule has 1 aliphatic carbocycles. The highest BCUT2D eigenvalue weighted by Crippen LogP contribution is 2.48. The van der Waals surface area contributed by atoms with Gasteiger partial charge >= 0.3 is 0 Å². The van der Waals surface area contributed by atoms with Gasteiger partial charge in [0.15, 0.2) is 0 Å². The van der Waals surface area contributed by atoms with Crippen molar-refractivity contribution in [3.63, 3.8) is 0 Å². The number of nitrogens with zero attached hydrogens (tertiary/aromatic N) is 2. The minimum atomic E-state index is -3.86. The van der Waals surface area contributed by atoms with E-state index in [1.807, 2.05) is 18.2 Å². The Hall–Kier alpha value is -3.36. The van der Waals surface area contributed by atoms with Crippen molar-refractivity contribution in [2.75, 3.05) is 4.72 Å². The van der Waals surface area contributed by atoms with Crippen LogP contribution in [0, 0.1) is 11.7 Å². The minimum Gasteiger partial charge on any atom is -0.299 e. The Bertz CT molecular complexity index is 1490. The number of ketones is 1. The molecule has 0 radical (unpaired) electrons. The van der Waals surface area contributed by atoms with E-state index in [1.54, 1.807) is 24.5 Å². The zero-order chi connectivity index (χ0) is 23.9. The second-order valence-corrected chi connectivity index (χ2v) is 10.4. The summed E-state index contributed by atoms with van der Waals surface area (Å²) in [6.45, 7) is 0. The van der Waals surface area contributed by atoms with E-state index in [1.165, 1.54) is 18.2 Å². The van der Waals surface area contributed by atoms with Crippen LogP contribution in [0.5, 0.6) is 0 Å². The van der Waals surface area contributed by atoms with E-state index in [4.69, 9.17) is 11.6 Å². The summed E-state index contributed by atoms with van der Waals surface area (Å²) in [4.78, 5) is 20.7. The molecule has 2 heterocycles. The van der Waals surface area contributed by atoms with E-state index < -0.39 is 15.8 Å². The third kappa shape index (κ3) is 4.64. The number of hydrogen-bond acceptors (Lipinski definition) is 5.